The highest BCUT2D eigenvalue weighted by Gasteiger charge is 2.13. The smallest absolute Gasteiger partial charge is 0.242 e. The fourth-order valence-corrected chi connectivity index (χ4v) is 2.60. The lowest BCUT2D eigenvalue weighted by Crippen LogP contribution is -2.35. The molecule has 1 aromatic heterocycles. The van der Waals surface area contributed by atoms with Gasteiger partial charge >= 0.3 is 0 Å². The summed E-state index contributed by atoms with van der Waals surface area (Å²) in [5.74, 6) is 0.215. The summed E-state index contributed by atoms with van der Waals surface area (Å²) in [5.41, 5.74) is 2.39. The molecule has 3 nitrogen and oxygen atoms in total. The SMILES string of the molecule is CCCN(CCC)C(=O)Cn1ccc2cc(C)ccc21. The van der Waals surface area contributed by atoms with Crippen molar-refractivity contribution in [1.29, 1.82) is 0 Å². The van der Waals surface area contributed by atoms with Crippen molar-refractivity contribution in [3.63, 3.8) is 0 Å². The van der Waals surface area contributed by atoms with Crippen LogP contribution in [0.15, 0.2) is 30.5 Å². The van der Waals surface area contributed by atoms with Crippen molar-refractivity contribution >= 4 is 16.8 Å². The van der Waals surface area contributed by atoms with Gasteiger partial charge in [-0.3, -0.25) is 4.79 Å². The molecule has 1 aromatic carbocycles. The molecular weight excluding hydrogens is 248 g/mol. The van der Waals surface area contributed by atoms with Crippen LogP contribution in [0.25, 0.3) is 10.9 Å². The van der Waals surface area contributed by atoms with E-state index in [2.05, 4.69) is 49.6 Å². The quantitative estimate of drug-likeness (QED) is 0.788. The fourth-order valence-electron chi connectivity index (χ4n) is 2.60. The molecule has 0 bridgehead atoms. The van der Waals surface area contributed by atoms with E-state index in [9.17, 15) is 4.79 Å². The second-order valence-electron chi connectivity index (χ2n) is 5.39. The van der Waals surface area contributed by atoms with E-state index in [0.29, 0.717) is 6.54 Å². The first-order chi connectivity index (χ1) is 9.65. The zero-order chi connectivity index (χ0) is 14.5. The third-order valence-corrected chi connectivity index (χ3v) is 3.57. The zero-order valence-electron chi connectivity index (χ0n) is 12.7. The Balaban J connectivity index is 2.16. The van der Waals surface area contributed by atoms with Gasteiger partial charge in [0.2, 0.25) is 5.91 Å². The first kappa shape index (κ1) is 14.6. The topological polar surface area (TPSA) is 25.2 Å². The summed E-state index contributed by atoms with van der Waals surface area (Å²) >= 11 is 0. The number of carbonyl (C=O) groups is 1. The van der Waals surface area contributed by atoms with Gasteiger partial charge in [0, 0.05) is 24.8 Å². The van der Waals surface area contributed by atoms with Crippen molar-refractivity contribution in [3.05, 3.63) is 36.0 Å². The summed E-state index contributed by atoms with van der Waals surface area (Å²) in [6, 6.07) is 8.44. The molecule has 0 fully saturated rings. The number of carbonyl (C=O) groups excluding carboxylic acids is 1. The highest BCUT2D eigenvalue weighted by atomic mass is 16.2. The van der Waals surface area contributed by atoms with Crippen LogP contribution in [0.1, 0.15) is 32.3 Å². The number of hydrogen-bond acceptors (Lipinski definition) is 1. The molecule has 0 atom stereocenters. The monoisotopic (exact) mass is 272 g/mol. The molecular formula is C17H24N2O. The van der Waals surface area contributed by atoms with Crippen molar-refractivity contribution in [2.75, 3.05) is 13.1 Å². The minimum atomic E-state index is 0.215. The Morgan fingerprint density at radius 3 is 2.50 bits per heavy atom. The van der Waals surface area contributed by atoms with Crippen LogP contribution in [0.4, 0.5) is 0 Å². The van der Waals surface area contributed by atoms with Crippen LogP contribution in [0, 0.1) is 6.92 Å². The van der Waals surface area contributed by atoms with Crippen molar-refractivity contribution in [2.24, 2.45) is 0 Å². The molecule has 0 N–H and O–H groups in total. The molecule has 1 amide bonds. The van der Waals surface area contributed by atoms with Crippen LogP contribution in [-0.2, 0) is 11.3 Å². The number of fused-ring (bicyclic) bond motifs is 1. The van der Waals surface area contributed by atoms with Gasteiger partial charge in [-0.1, -0.05) is 25.5 Å². The minimum Gasteiger partial charge on any atom is -0.341 e. The van der Waals surface area contributed by atoms with Gasteiger partial charge < -0.3 is 9.47 Å². The lowest BCUT2D eigenvalue weighted by atomic mass is 10.2. The summed E-state index contributed by atoms with van der Waals surface area (Å²) < 4.78 is 2.05. The van der Waals surface area contributed by atoms with Gasteiger partial charge in [0.05, 0.1) is 0 Å². The Labute approximate surface area is 121 Å². The average molecular weight is 272 g/mol. The number of rotatable bonds is 6. The van der Waals surface area contributed by atoms with Gasteiger partial charge in [-0.15, -0.1) is 0 Å². The molecule has 0 aliphatic carbocycles. The lowest BCUT2D eigenvalue weighted by Gasteiger charge is -2.22. The van der Waals surface area contributed by atoms with E-state index in [0.717, 1.165) is 31.4 Å². The van der Waals surface area contributed by atoms with E-state index in [4.69, 9.17) is 0 Å². The van der Waals surface area contributed by atoms with Gasteiger partial charge in [0.15, 0.2) is 0 Å². The maximum Gasteiger partial charge on any atom is 0.242 e. The summed E-state index contributed by atoms with van der Waals surface area (Å²) in [7, 11) is 0. The lowest BCUT2D eigenvalue weighted by molar-refractivity contribution is -0.131. The number of aromatic nitrogens is 1. The Bertz CT molecular complexity index is 580. The second kappa shape index (κ2) is 6.60. The maximum absolute atomic E-state index is 12.4. The van der Waals surface area contributed by atoms with E-state index < -0.39 is 0 Å². The van der Waals surface area contributed by atoms with Gasteiger partial charge in [-0.2, -0.15) is 0 Å². The zero-order valence-corrected chi connectivity index (χ0v) is 12.7. The number of aryl methyl sites for hydroxylation is 1. The molecule has 0 radical (unpaired) electrons. The van der Waals surface area contributed by atoms with Crippen LogP contribution in [-0.4, -0.2) is 28.5 Å². The molecule has 0 spiro atoms. The second-order valence-corrected chi connectivity index (χ2v) is 5.39. The Kier molecular flexibility index (Phi) is 4.83. The van der Waals surface area contributed by atoms with Crippen molar-refractivity contribution in [2.45, 2.75) is 40.2 Å². The fraction of sp³-hybridized carbons (Fsp3) is 0.471. The Hall–Kier alpha value is -1.77. The number of hydrogen-bond donors (Lipinski definition) is 0. The van der Waals surface area contributed by atoms with E-state index in [1.54, 1.807) is 0 Å². The van der Waals surface area contributed by atoms with Crippen LogP contribution in [0.3, 0.4) is 0 Å². The van der Waals surface area contributed by atoms with Crippen LogP contribution in [0.5, 0.6) is 0 Å². The predicted molar refractivity (Wildman–Crippen MR) is 83.8 cm³/mol. The molecule has 0 aliphatic rings. The number of nitrogens with zero attached hydrogens (tertiary/aromatic N) is 2. The van der Waals surface area contributed by atoms with Crippen molar-refractivity contribution in [1.82, 2.24) is 9.47 Å². The highest BCUT2D eigenvalue weighted by Crippen LogP contribution is 2.17. The molecule has 2 rings (SSSR count). The van der Waals surface area contributed by atoms with E-state index in [1.807, 2.05) is 11.1 Å². The highest BCUT2D eigenvalue weighted by molar-refractivity contribution is 5.83. The molecule has 0 saturated carbocycles. The third kappa shape index (κ3) is 3.21. The summed E-state index contributed by atoms with van der Waals surface area (Å²) in [6.07, 6.45) is 4.03. The average Bonchev–Trinajstić information content (AvgIpc) is 2.80. The molecule has 20 heavy (non-hydrogen) atoms. The summed E-state index contributed by atoms with van der Waals surface area (Å²) in [4.78, 5) is 14.4. The van der Waals surface area contributed by atoms with Crippen LogP contribution < -0.4 is 0 Å². The molecule has 2 aromatic rings. The van der Waals surface area contributed by atoms with Gasteiger partial charge in [-0.25, -0.2) is 0 Å². The molecule has 108 valence electrons. The maximum atomic E-state index is 12.4. The van der Waals surface area contributed by atoms with E-state index >= 15 is 0 Å². The van der Waals surface area contributed by atoms with E-state index in [1.165, 1.54) is 10.9 Å². The standard InChI is InChI=1S/C17H24N2O/c1-4-9-18(10-5-2)17(20)13-19-11-8-15-12-14(3)6-7-16(15)19/h6-8,11-12H,4-5,9-10,13H2,1-3H3. The van der Waals surface area contributed by atoms with Crippen LogP contribution >= 0.6 is 0 Å². The number of benzene rings is 1. The molecule has 1 heterocycles. The summed E-state index contributed by atoms with van der Waals surface area (Å²) in [6.45, 7) is 8.46. The number of amides is 1. The normalized spacial score (nSPS) is 10.9. The molecule has 0 aliphatic heterocycles. The minimum absolute atomic E-state index is 0.215. The molecule has 0 unspecified atom stereocenters. The predicted octanol–water partition coefficient (Wildman–Crippen LogP) is 3.60. The first-order valence-electron chi connectivity index (χ1n) is 7.49. The Morgan fingerprint density at radius 2 is 1.85 bits per heavy atom. The third-order valence-electron chi connectivity index (χ3n) is 3.57. The Morgan fingerprint density at radius 1 is 1.15 bits per heavy atom. The van der Waals surface area contributed by atoms with Gasteiger partial charge in [-0.05, 0) is 43.4 Å². The van der Waals surface area contributed by atoms with Gasteiger partial charge in [0.25, 0.3) is 0 Å². The van der Waals surface area contributed by atoms with Crippen LogP contribution in [0.2, 0.25) is 0 Å². The molecule has 3 heteroatoms. The van der Waals surface area contributed by atoms with Gasteiger partial charge in [0.1, 0.15) is 6.54 Å². The van der Waals surface area contributed by atoms with Crippen molar-refractivity contribution in [3.8, 4) is 0 Å². The van der Waals surface area contributed by atoms with E-state index in [-0.39, 0.29) is 5.91 Å². The largest absolute Gasteiger partial charge is 0.341 e. The first-order valence-corrected chi connectivity index (χ1v) is 7.49. The van der Waals surface area contributed by atoms with Crippen molar-refractivity contribution < 1.29 is 4.79 Å². The molecule has 0 saturated heterocycles. The summed E-state index contributed by atoms with van der Waals surface area (Å²) in [5, 5.41) is 1.20.